The van der Waals surface area contributed by atoms with Crippen molar-refractivity contribution in [3.8, 4) is 11.3 Å². The van der Waals surface area contributed by atoms with Gasteiger partial charge in [0.15, 0.2) is 0 Å². The van der Waals surface area contributed by atoms with E-state index >= 15 is 0 Å². The van der Waals surface area contributed by atoms with Gasteiger partial charge in [-0.15, -0.1) is 0 Å². The van der Waals surface area contributed by atoms with E-state index in [1.54, 1.807) is 37.5 Å². The van der Waals surface area contributed by atoms with Crippen molar-refractivity contribution in [2.75, 3.05) is 30.4 Å². The zero-order chi connectivity index (χ0) is 20.5. The lowest BCUT2D eigenvalue weighted by atomic mass is 10.2. The molecule has 29 heavy (non-hydrogen) atoms. The first-order valence-electron chi connectivity index (χ1n) is 9.38. The van der Waals surface area contributed by atoms with Crippen LogP contribution in [0, 0.1) is 0 Å². The minimum Gasteiger partial charge on any atom is -0.462 e. The maximum absolute atomic E-state index is 11.9. The number of aromatic nitrogens is 3. The molecule has 0 spiro atoms. The number of pyridine rings is 1. The molecule has 0 radical (unpaired) electrons. The Bertz CT molecular complexity index is 964. The lowest BCUT2D eigenvalue weighted by Crippen LogP contribution is -2.05. The molecule has 3 N–H and O–H groups in total. The summed E-state index contributed by atoms with van der Waals surface area (Å²) in [5, 5.41) is 15.2. The number of nitrogens with zero attached hydrogens (tertiary/aromatic N) is 3. The Balaban J connectivity index is 1.76. The van der Waals surface area contributed by atoms with E-state index < -0.39 is 0 Å². The maximum Gasteiger partial charge on any atom is 0.338 e. The summed E-state index contributed by atoms with van der Waals surface area (Å²) in [5.74, 6) is 0.755. The van der Waals surface area contributed by atoms with E-state index in [1.165, 1.54) is 0 Å². The van der Waals surface area contributed by atoms with Gasteiger partial charge in [-0.3, -0.25) is 0 Å². The molecule has 0 unspecified atom stereocenters. The predicted molar refractivity (Wildman–Crippen MR) is 111 cm³/mol. The van der Waals surface area contributed by atoms with Crippen LogP contribution in [0.15, 0.2) is 54.9 Å². The van der Waals surface area contributed by atoms with Crippen molar-refractivity contribution < 1.29 is 14.6 Å². The molecule has 8 nitrogen and oxygen atoms in total. The first-order chi connectivity index (χ1) is 14.2. The molecule has 0 aliphatic heterocycles. The average molecular weight is 393 g/mol. The van der Waals surface area contributed by atoms with Crippen molar-refractivity contribution in [1.82, 2.24) is 15.0 Å². The SMILES string of the molecule is CCOC(=O)c1cccc(Nc2nccc(-c3ccnc(NCCCO)c3)n2)c1. The normalized spacial score (nSPS) is 10.4. The van der Waals surface area contributed by atoms with Crippen LogP contribution in [0.1, 0.15) is 23.7 Å². The van der Waals surface area contributed by atoms with Gasteiger partial charge in [-0.25, -0.2) is 19.7 Å². The zero-order valence-electron chi connectivity index (χ0n) is 16.1. The first kappa shape index (κ1) is 20.2. The molecule has 2 aromatic heterocycles. The van der Waals surface area contributed by atoms with Gasteiger partial charge in [-0.05, 0) is 49.7 Å². The number of rotatable bonds is 9. The van der Waals surface area contributed by atoms with Crippen molar-refractivity contribution in [1.29, 1.82) is 0 Å². The van der Waals surface area contributed by atoms with Gasteiger partial charge in [0, 0.05) is 36.8 Å². The lowest BCUT2D eigenvalue weighted by Gasteiger charge is -2.09. The van der Waals surface area contributed by atoms with Crippen LogP contribution in [-0.4, -0.2) is 45.8 Å². The van der Waals surface area contributed by atoms with E-state index in [0.29, 0.717) is 42.6 Å². The number of carbonyl (C=O) groups is 1. The number of hydrogen-bond donors (Lipinski definition) is 3. The molecule has 8 heteroatoms. The quantitative estimate of drug-likeness (QED) is 0.375. The van der Waals surface area contributed by atoms with Gasteiger partial charge in [0.25, 0.3) is 0 Å². The summed E-state index contributed by atoms with van der Waals surface area (Å²) in [6.07, 6.45) is 4.02. The zero-order valence-corrected chi connectivity index (χ0v) is 16.1. The van der Waals surface area contributed by atoms with Crippen LogP contribution in [-0.2, 0) is 4.74 Å². The van der Waals surface area contributed by atoms with Crippen LogP contribution in [0.2, 0.25) is 0 Å². The van der Waals surface area contributed by atoms with Gasteiger partial charge < -0.3 is 20.5 Å². The Morgan fingerprint density at radius 1 is 1.14 bits per heavy atom. The molecular formula is C21H23N5O3. The molecule has 0 aliphatic rings. The van der Waals surface area contributed by atoms with Crippen molar-refractivity contribution in [2.45, 2.75) is 13.3 Å². The smallest absolute Gasteiger partial charge is 0.338 e. The van der Waals surface area contributed by atoms with Crippen molar-refractivity contribution >= 4 is 23.4 Å². The second kappa shape index (κ2) is 10.1. The van der Waals surface area contributed by atoms with E-state index in [2.05, 4.69) is 25.6 Å². The van der Waals surface area contributed by atoms with E-state index in [4.69, 9.17) is 9.84 Å². The number of anilines is 3. The van der Waals surface area contributed by atoms with Gasteiger partial charge in [-0.2, -0.15) is 0 Å². The molecular weight excluding hydrogens is 370 g/mol. The Kier molecular flexibility index (Phi) is 7.07. The van der Waals surface area contributed by atoms with Gasteiger partial charge >= 0.3 is 5.97 Å². The maximum atomic E-state index is 11.9. The molecule has 0 fully saturated rings. The largest absolute Gasteiger partial charge is 0.462 e. The minimum atomic E-state index is -0.371. The van der Waals surface area contributed by atoms with E-state index in [-0.39, 0.29) is 12.6 Å². The molecule has 150 valence electrons. The van der Waals surface area contributed by atoms with Crippen molar-refractivity contribution in [3.63, 3.8) is 0 Å². The number of ether oxygens (including phenoxy) is 1. The highest BCUT2D eigenvalue weighted by Gasteiger charge is 2.08. The van der Waals surface area contributed by atoms with E-state index in [1.807, 2.05) is 24.3 Å². The van der Waals surface area contributed by atoms with E-state index in [9.17, 15) is 4.79 Å². The van der Waals surface area contributed by atoms with Crippen LogP contribution in [0.25, 0.3) is 11.3 Å². The molecule has 0 amide bonds. The third-order valence-corrected chi connectivity index (χ3v) is 3.98. The number of aliphatic hydroxyl groups is 1. The Morgan fingerprint density at radius 3 is 2.83 bits per heavy atom. The number of nitrogens with one attached hydrogen (secondary N) is 2. The fourth-order valence-electron chi connectivity index (χ4n) is 2.63. The fraction of sp³-hybridized carbons (Fsp3) is 0.238. The molecule has 2 heterocycles. The van der Waals surface area contributed by atoms with Crippen LogP contribution in [0.3, 0.4) is 0 Å². The van der Waals surface area contributed by atoms with Crippen molar-refractivity contribution in [3.05, 3.63) is 60.4 Å². The molecule has 0 bridgehead atoms. The summed E-state index contributed by atoms with van der Waals surface area (Å²) in [6.45, 7) is 2.86. The Hall–Kier alpha value is -3.52. The van der Waals surface area contributed by atoms with Crippen LogP contribution >= 0.6 is 0 Å². The molecule has 0 saturated heterocycles. The van der Waals surface area contributed by atoms with Crippen LogP contribution in [0.4, 0.5) is 17.5 Å². The number of hydrogen-bond acceptors (Lipinski definition) is 8. The molecule has 0 aliphatic carbocycles. The Morgan fingerprint density at radius 2 is 2.00 bits per heavy atom. The molecule has 3 rings (SSSR count). The number of carbonyl (C=O) groups excluding carboxylic acids is 1. The summed E-state index contributed by atoms with van der Waals surface area (Å²) < 4.78 is 5.03. The second-order valence-corrected chi connectivity index (χ2v) is 6.13. The highest BCUT2D eigenvalue weighted by molar-refractivity contribution is 5.90. The number of esters is 1. The highest BCUT2D eigenvalue weighted by Crippen LogP contribution is 2.21. The summed E-state index contributed by atoms with van der Waals surface area (Å²) in [4.78, 5) is 25.0. The van der Waals surface area contributed by atoms with Gasteiger partial charge in [0.2, 0.25) is 5.95 Å². The summed E-state index contributed by atoms with van der Waals surface area (Å²) in [6, 6.07) is 12.6. The first-order valence-corrected chi connectivity index (χ1v) is 9.38. The monoisotopic (exact) mass is 393 g/mol. The van der Waals surface area contributed by atoms with Crippen LogP contribution < -0.4 is 10.6 Å². The predicted octanol–water partition coefficient (Wildman–Crippen LogP) is 3.25. The van der Waals surface area contributed by atoms with Crippen molar-refractivity contribution in [2.24, 2.45) is 0 Å². The summed E-state index contributed by atoms with van der Waals surface area (Å²) >= 11 is 0. The lowest BCUT2D eigenvalue weighted by molar-refractivity contribution is 0.0526. The summed E-state index contributed by atoms with van der Waals surface area (Å²) in [7, 11) is 0. The standard InChI is InChI=1S/C21H23N5O3/c1-2-29-20(28)16-5-3-6-17(13-16)25-21-24-11-8-18(26-21)15-7-10-23-19(14-15)22-9-4-12-27/h3,5-8,10-11,13-14,27H,2,4,9,12H2,1H3,(H,22,23)(H,24,25,26). The second-order valence-electron chi connectivity index (χ2n) is 6.13. The van der Waals surface area contributed by atoms with Gasteiger partial charge in [0.1, 0.15) is 5.82 Å². The topological polar surface area (TPSA) is 109 Å². The highest BCUT2D eigenvalue weighted by atomic mass is 16.5. The third kappa shape index (κ3) is 5.73. The molecule has 1 aromatic carbocycles. The van der Waals surface area contributed by atoms with E-state index in [0.717, 1.165) is 11.3 Å². The third-order valence-electron chi connectivity index (χ3n) is 3.98. The minimum absolute atomic E-state index is 0.130. The summed E-state index contributed by atoms with van der Waals surface area (Å²) in [5.41, 5.74) is 2.77. The average Bonchev–Trinajstić information content (AvgIpc) is 2.75. The number of aliphatic hydroxyl groups excluding tert-OH is 1. The molecule has 0 atom stereocenters. The molecule has 0 saturated carbocycles. The van der Waals surface area contributed by atoms with Crippen LogP contribution in [0.5, 0.6) is 0 Å². The molecule has 3 aromatic rings. The van der Waals surface area contributed by atoms with Gasteiger partial charge in [0.05, 0.1) is 17.9 Å². The van der Waals surface area contributed by atoms with Gasteiger partial charge in [-0.1, -0.05) is 6.07 Å². The Labute approximate surface area is 169 Å². The number of benzene rings is 1. The fourth-order valence-corrected chi connectivity index (χ4v) is 2.63.